The molecular formula is C16H26N4O3. The molecule has 7 heteroatoms. The van der Waals surface area contributed by atoms with E-state index in [2.05, 4.69) is 10.4 Å². The number of amides is 2. The van der Waals surface area contributed by atoms with Crippen molar-refractivity contribution in [3.8, 4) is 0 Å². The van der Waals surface area contributed by atoms with Gasteiger partial charge in [-0.2, -0.15) is 5.10 Å². The van der Waals surface area contributed by atoms with E-state index in [9.17, 15) is 9.59 Å². The van der Waals surface area contributed by atoms with Gasteiger partial charge >= 0.3 is 12.0 Å². The predicted octanol–water partition coefficient (Wildman–Crippen LogP) is 1.48. The molecule has 1 fully saturated rings. The highest BCUT2D eigenvalue weighted by Gasteiger charge is 2.27. The summed E-state index contributed by atoms with van der Waals surface area (Å²) >= 11 is 0. The Kier molecular flexibility index (Phi) is 5.63. The maximum Gasteiger partial charge on any atom is 0.317 e. The number of piperidine rings is 1. The Morgan fingerprint density at radius 1 is 1.39 bits per heavy atom. The molecule has 1 aliphatic rings. The average Bonchev–Trinajstić information content (AvgIpc) is 2.77. The normalized spacial score (nSPS) is 18.0. The van der Waals surface area contributed by atoms with Crippen LogP contribution in [0.15, 0.2) is 0 Å². The van der Waals surface area contributed by atoms with Crippen molar-refractivity contribution in [2.45, 2.75) is 39.5 Å². The molecule has 2 heterocycles. The summed E-state index contributed by atoms with van der Waals surface area (Å²) < 4.78 is 1.88. The van der Waals surface area contributed by atoms with E-state index in [-0.39, 0.29) is 6.03 Å². The first-order valence-corrected chi connectivity index (χ1v) is 8.14. The summed E-state index contributed by atoms with van der Waals surface area (Å²) in [7, 11) is 1.93. The van der Waals surface area contributed by atoms with E-state index in [0.29, 0.717) is 26.1 Å². The van der Waals surface area contributed by atoms with Crippen LogP contribution in [0.2, 0.25) is 0 Å². The highest BCUT2D eigenvalue weighted by Crippen LogP contribution is 2.17. The van der Waals surface area contributed by atoms with Crippen LogP contribution in [-0.4, -0.2) is 51.4 Å². The molecule has 1 aliphatic heterocycles. The molecular weight excluding hydrogens is 296 g/mol. The van der Waals surface area contributed by atoms with Gasteiger partial charge in [-0.25, -0.2) is 4.79 Å². The van der Waals surface area contributed by atoms with E-state index >= 15 is 0 Å². The zero-order chi connectivity index (χ0) is 17.0. The van der Waals surface area contributed by atoms with E-state index in [1.165, 1.54) is 5.56 Å². The molecule has 23 heavy (non-hydrogen) atoms. The van der Waals surface area contributed by atoms with Gasteiger partial charge in [-0.3, -0.25) is 9.48 Å². The number of hydrogen-bond acceptors (Lipinski definition) is 3. The van der Waals surface area contributed by atoms with Crippen molar-refractivity contribution in [1.82, 2.24) is 20.0 Å². The van der Waals surface area contributed by atoms with Gasteiger partial charge in [-0.05, 0) is 45.1 Å². The molecule has 7 nitrogen and oxygen atoms in total. The molecule has 0 unspecified atom stereocenters. The van der Waals surface area contributed by atoms with Gasteiger partial charge in [-0.15, -0.1) is 0 Å². The molecule has 2 rings (SSSR count). The lowest BCUT2D eigenvalue weighted by Gasteiger charge is -2.30. The Bertz CT molecular complexity index is 582. The number of carboxylic acids is 1. The van der Waals surface area contributed by atoms with Crippen molar-refractivity contribution in [2.24, 2.45) is 13.0 Å². The number of aromatic nitrogens is 2. The van der Waals surface area contributed by atoms with E-state index in [0.717, 1.165) is 30.7 Å². The number of aryl methyl sites for hydroxylation is 2. The summed E-state index contributed by atoms with van der Waals surface area (Å²) in [6.07, 6.45) is 3.12. The molecule has 1 aromatic heterocycles. The van der Waals surface area contributed by atoms with Crippen LogP contribution in [0.1, 0.15) is 36.2 Å². The zero-order valence-electron chi connectivity index (χ0n) is 14.1. The summed E-state index contributed by atoms with van der Waals surface area (Å²) in [4.78, 5) is 24.8. The molecule has 1 aromatic rings. The Balaban J connectivity index is 1.75. The number of carbonyl (C=O) groups is 2. The van der Waals surface area contributed by atoms with E-state index in [1.807, 2.05) is 25.6 Å². The SMILES string of the molecule is Cc1nn(C)c(C)c1CCCNC(=O)N1CCC[C@@H](C(=O)O)C1. The van der Waals surface area contributed by atoms with Crippen molar-refractivity contribution in [3.63, 3.8) is 0 Å². The standard InChI is InChI=1S/C16H26N4O3/c1-11-14(12(2)19(3)18-11)7-4-8-17-16(23)20-9-5-6-13(10-20)15(21)22/h13H,4-10H2,1-3H3,(H,17,23)(H,21,22)/t13-/m1/s1. The smallest absolute Gasteiger partial charge is 0.317 e. The van der Waals surface area contributed by atoms with Gasteiger partial charge in [-0.1, -0.05) is 0 Å². The molecule has 0 spiro atoms. The van der Waals surface area contributed by atoms with Gasteiger partial charge in [0.15, 0.2) is 0 Å². The van der Waals surface area contributed by atoms with Gasteiger partial charge < -0.3 is 15.3 Å². The van der Waals surface area contributed by atoms with Crippen LogP contribution >= 0.6 is 0 Å². The number of rotatable bonds is 5. The molecule has 0 saturated carbocycles. The maximum absolute atomic E-state index is 12.1. The zero-order valence-corrected chi connectivity index (χ0v) is 14.1. The monoisotopic (exact) mass is 322 g/mol. The first-order valence-electron chi connectivity index (χ1n) is 8.14. The fraction of sp³-hybridized carbons (Fsp3) is 0.688. The number of nitrogens with zero attached hydrogens (tertiary/aromatic N) is 3. The summed E-state index contributed by atoms with van der Waals surface area (Å²) in [6, 6.07) is -0.157. The third kappa shape index (κ3) is 4.24. The van der Waals surface area contributed by atoms with Gasteiger partial charge in [0.25, 0.3) is 0 Å². The number of urea groups is 1. The third-order valence-corrected chi connectivity index (χ3v) is 4.60. The first kappa shape index (κ1) is 17.3. The van der Waals surface area contributed by atoms with Crippen LogP contribution < -0.4 is 5.32 Å². The fourth-order valence-corrected chi connectivity index (χ4v) is 3.11. The summed E-state index contributed by atoms with van der Waals surface area (Å²) in [5.41, 5.74) is 3.44. The molecule has 0 radical (unpaired) electrons. The molecule has 0 aromatic carbocycles. The molecule has 2 N–H and O–H groups in total. The number of likely N-dealkylation sites (tertiary alicyclic amines) is 1. The van der Waals surface area contributed by atoms with Crippen LogP contribution in [0.25, 0.3) is 0 Å². The number of carbonyl (C=O) groups excluding carboxylic acids is 1. The largest absolute Gasteiger partial charge is 0.481 e. The Morgan fingerprint density at radius 3 is 2.74 bits per heavy atom. The molecule has 1 saturated heterocycles. The lowest BCUT2D eigenvalue weighted by molar-refractivity contribution is -0.143. The van der Waals surface area contributed by atoms with Crippen LogP contribution in [0.4, 0.5) is 4.79 Å². The summed E-state index contributed by atoms with van der Waals surface area (Å²) in [6.45, 7) is 5.58. The minimum absolute atomic E-state index is 0.157. The second-order valence-corrected chi connectivity index (χ2v) is 6.23. The van der Waals surface area contributed by atoms with Crippen LogP contribution in [-0.2, 0) is 18.3 Å². The minimum atomic E-state index is -0.815. The highest BCUT2D eigenvalue weighted by atomic mass is 16.4. The van der Waals surface area contributed by atoms with Crippen LogP contribution in [0.5, 0.6) is 0 Å². The minimum Gasteiger partial charge on any atom is -0.481 e. The average molecular weight is 322 g/mol. The molecule has 1 atom stereocenters. The summed E-state index contributed by atoms with van der Waals surface area (Å²) in [5, 5.41) is 16.3. The molecule has 0 aliphatic carbocycles. The number of carboxylic acid groups (broad SMARTS) is 1. The van der Waals surface area contributed by atoms with Crippen LogP contribution in [0, 0.1) is 19.8 Å². The van der Waals surface area contributed by atoms with Gasteiger partial charge in [0, 0.05) is 32.4 Å². The third-order valence-electron chi connectivity index (χ3n) is 4.60. The fourth-order valence-electron chi connectivity index (χ4n) is 3.11. The second kappa shape index (κ2) is 7.48. The Labute approximate surface area is 136 Å². The highest BCUT2D eigenvalue weighted by molar-refractivity contribution is 5.76. The van der Waals surface area contributed by atoms with E-state index < -0.39 is 11.9 Å². The maximum atomic E-state index is 12.1. The molecule has 0 bridgehead atoms. The first-order chi connectivity index (χ1) is 10.9. The number of hydrogen-bond donors (Lipinski definition) is 2. The lowest BCUT2D eigenvalue weighted by atomic mass is 9.99. The summed E-state index contributed by atoms with van der Waals surface area (Å²) in [5.74, 6) is -1.25. The van der Waals surface area contributed by atoms with Crippen molar-refractivity contribution in [2.75, 3.05) is 19.6 Å². The Hall–Kier alpha value is -2.05. The topological polar surface area (TPSA) is 87.5 Å². The quantitative estimate of drug-likeness (QED) is 0.804. The van der Waals surface area contributed by atoms with Crippen molar-refractivity contribution >= 4 is 12.0 Å². The van der Waals surface area contributed by atoms with Crippen molar-refractivity contribution in [3.05, 3.63) is 17.0 Å². The molecule has 128 valence electrons. The van der Waals surface area contributed by atoms with E-state index in [1.54, 1.807) is 4.90 Å². The number of aliphatic carboxylic acids is 1. The van der Waals surface area contributed by atoms with Crippen molar-refractivity contribution < 1.29 is 14.7 Å². The van der Waals surface area contributed by atoms with Gasteiger partial charge in [0.1, 0.15) is 0 Å². The predicted molar refractivity (Wildman–Crippen MR) is 86.3 cm³/mol. The number of nitrogens with one attached hydrogen (secondary N) is 1. The van der Waals surface area contributed by atoms with Crippen molar-refractivity contribution in [1.29, 1.82) is 0 Å². The second-order valence-electron chi connectivity index (χ2n) is 6.23. The van der Waals surface area contributed by atoms with E-state index in [4.69, 9.17) is 5.11 Å². The van der Waals surface area contributed by atoms with Gasteiger partial charge in [0.05, 0.1) is 11.6 Å². The molecule has 2 amide bonds. The lowest BCUT2D eigenvalue weighted by Crippen LogP contribution is -2.47. The van der Waals surface area contributed by atoms with Gasteiger partial charge in [0.2, 0.25) is 0 Å². The Morgan fingerprint density at radius 2 is 2.13 bits per heavy atom. The van der Waals surface area contributed by atoms with Crippen LogP contribution in [0.3, 0.4) is 0 Å².